The molecule has 8 aliphatic rings. The van der Waals surface area contributed by atoms with Gasteiger partial charge >= 0.3 is 5.97 Å². The molecular weight excluding hydrogens is 805 g/mol. The minimum absolute atomic E-state index is 0.0981. The number of thioether (sulfide) groups is 1. The number of nitrogens with zero attached hydrogens (tertiary/aromatic N) is 6. The molecule has 2 aliphatic carbocycles. The van der Waals surface area contributed by atoms with E-state index in [9.17, 15) is 14.4 Å². The molecule has 0 spiro atoms. The number of esters is 1. The van der Waals surface area contributed by atoms with Gasteiger partial charge in [-0.15, -0.1) is 11.8 Å². The number of anilines is 2. The van der Waals surface area contributed by atoms with Crippen LogP contribution in [0.15, 0.2) is 41.5 Å². The number of rotatable bonds is 8. The van der Waals surface area contributed by atoms with Gasteiger partial charge in [0.05, 0.1) is 60.6 Å². The number of fused-ring (bicyclic) bond motifs is 6. The minimum atomic E-state index is -0.797. The maximum atomic E-state index is 14.3. The second-order valence-corrected chi connectivity index (χ2v) is 20.4. The SMILES string of the molecule is CCN1c2ccc3cc2/C(=C/C(C)(C)COC(=O)[C@@H]2CCCN(N2)C(=O)[C@@H](NC(=O)C2[C@H]4COC[C@@H]24)CC2N=C3CS2)C1c1cc(N2CCN(C3CC3)CC2)cnc1[C@H](C)OC. The summed E-state index contributed by atoms with van der Waals surface area (Å²) in [6.45, 7) is 15.1. The highest BCUT2D eigenvalue weighted by Crippen LogP contribution is 2.53. The van der Waals surface area contributed by atoms with Gasteiger partial charge < -0.3 is 29.3 Å². The summed E-state index contributed by atoms with van der Waals surface area (Å²) in [4.78, 5) is 59.9. The van der Waals surface area contributed by atoms with Gasteiger partial charge in [-0.2, -0.15) is 0 Å². The molecule has 14 nitrogen and oxygen atoms in total. The van der Waals surface area contributed by atoms with Crippen molar-refractivity contribution in [2.45, 2.75) is 95.4 Å². The number of methoxy groups -OCH3 is 1. The molecule has 3 saturated heterocycles. The Hall–Kier alpha value is -4.02. The van der Waals surface area contributed by atoms with E-state index in [1.54, 1.807) is 18.9 Å². The van der Waals surface area contributed by atoms with Gasteiger partial charge in [0.15, 0.2) is 0 Å². The molecule has 2 aromatic rings. The molecule has 0 radical (unpaired) electrons. The summed E-state index contributed by atoms with van der Waals surface area (Å²) in [5, 5.41) is 4.44. The van der Waals surface area contributed by atoms with E-state index >= 15 is 0 Å². The summed E-state index contributed by atoms with van der Waals surface area (Å²) < 4.78 is 17.7. The van der Waals surface area contributed by atoms with Crippen molar-refractivity contribution in [2.24, 2.45) is 28.2 Å². The number of carbonyl (C=O) groups excluding carboxylic acids is 3. The van der Waals surface area contributed by atoms with Crippen molar-refractivity contribution in [3.8, 4) is 0 Å². The van der Waals surface area contributed by atoms with Crippen LogP contribution in [-0.2, 0) is 28.6 Å². The number of pyridine rings is 1. The molecule has 2 saturated carbocycles. The van der Waals surface area contributed by atoms with Crippen LogP contribution < -0.4 is 20.5 Å². The number of hydrazine groups is 1. The maximum absolute atomic E-state index is 14.3. The standard InChI is InChI=1S/C47H62N8O6S/c1-6-54-39-12-9-28-18-31(39)33(43(54)32-19-30(22-48-42(32)27(2)59-5)53-16-14-52(15-17-53)29-10-11-29)21-47(3,4)26-61-46(58)36-8-7-13-55(51-36)45(57)37(20-40-49-38(28)25-62-40)50-44(56)41-34-23-60-24-35(34)41/h9,12,18-19,21-22,27,29,34-37,40-41,43,51H,6-8,10-11,13-17,20,23-26H2,1-5H3,(H,50,56)/b33-21-/t27-,34-,35+,36-,37-,40?,41?,43?/m0/s1. The number of aliphatic imine (C=N–C) groups is 1. The van der Waals surface area contributed by atoms with Crippen molar-refractivity contribution in [3.63, 3.8) is 0 Å². The number of carbonyl (C=O) groups is 3. The molecule has 62 heavy (non-hydrogen) atoms. The molecule has 332 valence electrons. The molecule has 6 aliphatic heterocycles. The van der Waals surface area contributed by atoms with E-state index in [-0.39, 0.29) is 53.7 Å². The first-order valence-corrected chi connectivity index (χ1v) is 24.0. The molecule has 7 heterocycles. The highest BCUT2D eigenvalue weighted by molar-refractivity contribution is 8.00. The van der Waals surface area contributed by atoms with Gasteiger partial charge in [0, 0.05) is 92.7 Å². The summed E-state index contributed by atoms with van der Waals surface area (Å²) in [5.74, 6) is 0.260. The number of benzene rings is 1. The lowest BCUT2D eigenvalue weighted by molar-refractivity contribution is -0.154. The topological polar surface area (TPSA) is 141 Å². The number of likely N-dealkylation sites (N-methyl/N-ethyl adjacent to an activating group) is 1. The highest BCUT2D eigenvalue weighted by Gasteiger charge is 2.58. The zero-order valence-corrected chi connectivity index (χ0v) is 37.6. The Kier molecular flexibility index (Phi) is 11.4. The minimum Gasteiger partial charge on any atom is -0.464 e. The van der Waals surface area contributed by atoms with E-state index in [0.717, 1.165) is 83.8 Å². The number of amides is 2. The molecule has 15 heteroatoms. The first-order chi connectivity index (χ1) is 30.0. The third-order valence-electron chi connectivity index (χ3n) is 14.5. The van der Waals surface area contributed by atoms with Crippen LogP contribution in [0, 0.1) is 23.2 Å². The van der Waals surface area contributed by atoms with Gasteiger partial charge in [-0.05, 0) is 80.7 Å². The molecule has 10 rings (SSSR count). The van der Waals surface area contributed by atoms with E-state index < -0.39 is 23.5 Å². The first kappa shape index (κ1) is 42.0. The third kappa shape index (κ3) is 8.05. The second-order valence-electron chi connectivity index (χ2n) is 19.3. The van der Waals surface area contributed by atoms with E-state index in [0.29, 0.717) is 44.8 Å². The van der Waals surface area contributed by atoms with E-state index in [1.165, 1.54) is 17.9 Å². The van der Waals surface area contributed by atoms with Gasteiger partial charge in [-0.1, -0.05) is 26.0 Å². The fourth-order valence-electron chi connectivity index (χ4n) is 10.8. The van der Waals surface area contributed by atoms with Gasteiger partial charge in [-0.3, -0.25) is 34.3 Å². The lowest BCUT2D eigenvalue weighted by Crippen LogP contribution is -2.60. The highest BCUT2D eigenvalue weighted by atomic mass is 32.2. The van der Waals surface area contributed by atoms with Gasteiger partial charge in [0.2, 0.25) is 5.91 Å². The van der Waals surface area contributed by atoms with Crippen molar-refractivity contribution >= 4 is 52.2 Å². The summed E-state index contributed by atoms with van der Waals surface area (Å²) >= 11 is 1.70. The largest absolute Gasteiger partial charge is 0.464 e. The average Bonchev–Trinajstić information content (AvgIpc) is 4.11. The quantitative estimate of drug-likeness (QED) is 0.354. The van der Waals surface area contributed by atoms with Crippen molar-refractivity contribution in [1.82, 2.24) is 25.6 Å². The van der Waals surface area contributed by atoms with Crippen LogP contribution in [0.2, 0.25) is 0 Å². The molecule has 2 amide bonds. The molecule has 6 bridgehead atoms. The van der Waals surface area contributed by atoms with Crippen LogP contribution >= 0.6 is 11.8 Å². The van der Waals surface area contributed by atoms with Crippen LogP contribution in [0.1, 0.15) is 94.3 Å². The van der Waals surface area contributed by atoms with Crippen LogP contribution in [0.25, 0.3) is 5.57 Å². The fraction of sp³-hybridized carbons (Fsp3) is 0.638. The molecule has 1 aromatic heterocycles. The van der Waals surface area contributed by atoms with Crippen molar-refractivity contribution in [3.05, 3.63) is 58.9 Å². The van der Waals surface area contributed by atoms with E-state index in [2.05, 4.69) is 83.5 Å². The Bertz CT molecular complexity index is 2140. The Labute approximate surface area is 369 Å². The summed E-state index contributed by atoms with van der Waals surface area (Å²) in [6.07, 6.45) is 8.26. The van der Waals surface area contributed by atoms with Crippen LogP contribution in [0.4, 0.5) is 11.4 Å². The number of nitrogens with one attached hydrogen (secondary N) is 2. The molecule has 5 fully saturated rings. The Balaban J connectivity index is 1.02. The molecule has 2 N–H and O–H groups in total. The smallest absolute Gasteiger partial charge is 0.324 e. The number of aromatic nitrogens is 1. The van der Waals surface area contributed by atoms with E-state index in [4.69, 9.17) is 24.2 Å². The van der Waals surface area contributed by atoms with Crippen LogP contribution in [0.3, 0.4) is 0 Å². The Morgan fingerprint density at radius 3 is 2.61 bits per heavy atom. The van der Waals surface area contributed by atoms with Gasteiger partial charge in [0.1, 0.15) is 12.1 Å². The molecule has 1 aromatic carbocycles. The van der Waals surface area contributed by atoms with Crippen molar-refractivity contribution < 1.29 is 28.6 Å². The molecule has 3 unspecified atom stereocenters. The van der Waals surface area contributed by atoms with Crippen LogP contribution in [-0.4, -0.2) is 134 Å². The maximum Gasteiger partial charge on any atom is 0.324 e. The molecule has 8 atom stereocenters. The Morgan fingerprint density at radius 2 is 1.87 bits per heavy atom. The predicted molar refractivity (Wildman–Crippen MR) is 240 cm³/mol. The summed E-state index contributed by atoms with van der Waals surface area (Å²) in [6, 6.07) is 8.14. The second kappa shape index (κ2) is 16.8. The predicted octanol–water partition coefficient (Wildman–Crippen LogP) is 4.75. The first-order valence-electron chi connectivity index (χ1n) is 23.0. The number of hydrogen-bond donors (Lipinski definition) is 2. The number of piperazine rings is 1. The average molecular weight is 867 g/mol. The normalized spacial score (nSPS) is 32.3. The summed E-state index contributed by atoms with van der Waals surface area (Å²) in [5.41, 5.74) is 11.2. The summed E-state index contributed by atoms with van der Waals surface area (Å²) in [7, 11) is 1.74. The third-order valence-corrected chi connectivity index (χ3v) is 15.6. The van der Waals surface area contributed by atoms with Gasteiger partial charge in [-0.25, -0.2) is 5.43 Å². The zero-order valence-electron chi connectivity index (χ0n) is 36.8. The molecular formula is C47H62N8O6S. The van der Waals surface area contributed by atoms with Crippen LogP contribution in [0.5, 0.6) is 0 Å². The lowest BCUT2D eigenvalue weighted by Gasteiger charge is -2.37. The zero-order chi connectivity index (χ0) is 42.9. The lowest BCUT2D eigenvalue weighted by atomic mass is 9.85. The Morgan fingerprint density at radius 1 is 1.08 bits per heavy atom. The van der Waals surface area contributed by atoms with Crippen molar-refractivity contribution in [2.75, 3.05) is 81.8 Å². The monoisotopic (exact) mass is 866 g/mol. The van der Waals surface area contributed by atoms with Gasteiger partial charge in [0.25, 0.3) is 5.91 Å². The van der Waals surface area contributed by atoms with E-state index in [1.807, 2.05) is 6.20 Å². The number of cyclic esters (lactones) is 1. The number of hydrogen-bond acceptors (Lipinski definition) is 13. The van der Waals surface area contributed by atoms with Crippen molar-refractivity contribution in [1.29, 1.82) is 0 Å². The fourth-order valence-corrected chi connectivity index (χ4v) is 11.9. The number of ether oxygens (including phenoxy) is 3.